The van der Waals surface area contributed by atoms with Crippen molar-refractivity contribution in [1.82, 2.24) is 0 Å². The molecule has 0 amide bonds. The molecule has 47 heavy (non-hydrogen) atoms. The van der Waals surface area contributed by atoms with Crippen LogP contribution in [0.2, 0.25) is 0 Å². The van der Waals surface area contributed by atoms with E-state index in [-0.39, 0.29) is 16.8 Å². The van der Waals surface area contributed by atoms with Crippen molar-refractivity contribution < 1.29 is 16.8 Å². The van der Waals surface area contributed by atoms with Crippen molar-refractivity contribution >= 4 is 21.5 Å². The first-order valence-electron chi connectivity index (χ1n) is 20.1. The summed E-state index contributed by atoms with van der Waals surface area (Å²) in [7, 11) is 0. The molecule has 4 aromatic rings. The Kier molecular flexibility index (Phi) is 13.2. The van der Waals surface area contributed by atoms with E-state index in [0.29, 0.717) is 0 Å². The molecule has 4 aliphatic rings. The summed E-state index contributed by atoms with van der Waals surface area (Å²) in [6, 6.07) is 23.6. The molecule has 1 radical (unpaired) electrons. The molecular formula is C46H62Co-6. The fraction of sp³-hybridized carbons (Fsp3) is 0.609. The third-order valence-electron chi connectivity index (χ3n) is 12.9. The van der Waals surface area contributed by atoms with Gasteiger partial charge in [0.15, 0.2) is 0 Å². The van der Waals surface area contributed by atoms with Gasteiger partial charge in [0.1, 0.15) is 0 Å². The second-order valence-electron chi connectivity index (χ2n) is 16.3. The molecule has 4 saturated carbocycles. The van der Waals surface area contributed by atoms with Crippen molar-refractivity contribution in [3.8, 4) is 0 Å². The van der Waals surface area contributed by atoms with Gasteiger partial charge in [-0.15, -0.1) is 46.8 Å². The van der Waals surface area contributed by atoms with E-state index in [1.165, 1.54) is 154 Å². The first-order valence-corrected chi connectivity index (χ1v) is 20.1. The molecule has 0 bridgehead atoms. The van der Waals surface area contributed by atoms with Gasteiger partial charge in [-0.05, 0) is 18.3 Å². The average Bonchev–Trinajstić information content (AvgIpc) is 3.64. The minimum atomic E-state index is 0. The van der Waals surface area contributed by atoms with Gasteiger partial charge in [0.05, 0.1) is 0 Å². The minimum Gasteiger partial charge on any atom is -0.639 e. The van der Waals surface area contributed by atoms with Crippen molar-refractivity contribution in [3.63, 3.8) is 0 Å². The van der Waals surface area contributed by atoms with E-state index in [9.17, 15) is 0 Å². The fourth-order valence-corrected chi connectivity index (χ4v) is 10.3. The summed E-state index contributed by atoms with van der Waals surface area (Å²) in [5.41, 5.74) is 6.60. The van der Waals surface area contributed by atoms with Crippen LogP contribution >= 0.6 is 0 Å². The Balaban J connectivity index is 0.000000161. The Hall–Kier alpha value is -1.83. The maximum atomic E-state index is 2.59. The first-order chi connectivity index (χ1) is 22.8. The summed E-state index contributed by atoms with van der Waals surface area (Å²) in [6.45, 7) is 0. The van der Waals surface area contributed by atoms with Crippen LogP contribution in [0.5, 0.6) is 0 Å². The Morgan fingerprint density at radius 1 is 0.511 bits per heavy atom. The molecule has 1 heteroatoms. The quantitative estimate of drug-likeness (QED) is 0.163. The summed E-state index contributed by atoms with van der Waals surface area (Å²) in [4.78, 5) is 0. The summed E-state index contributed by atoms with van der Waals surface area (Å²) in [5.74, 6) is 3.77. The molecule has 0 atom stereocenters. The van der Waals surface area contributed by atoms with Crippen molar-refractivity contribution in [3.05, 3.63) is 82.9 Å². The van der Waals surface area contributed by atoms with E-state index in [2.05, 4.69) is 60.7 Å². The summed E-state index contributed by atoms with van der Waals surface area (Å²) >= 11 is 0. The maximum absolute atomic E-state index is 2.59. The van der Waals surface area contributed by atoms with Crippen LogP contribution in [0, 0.1) is 23.7 Å². The van der Waals surface area contributed by atoms with Crippen LogP contribution in [0.25, 0.3) is 21.5 Å². The molecule has 261 valence electrons. The Bertz CT molecular complexity index is 1250. The van der Waals surface area contributed by atoms with Gasteiger partial charge in [0.25, 0.3) is 0 Å². The van der Waals surface area contributed by atoms with Crippen LogP contribution in [0.1, 0.15) is 151 Å². The SMILES string of the molecule is [Co].c1cc[c-]2[c-](CC3CCCCC3)[cH-][c-](CC3CCCCC3)[c-]2c1.c1cc[c-]2c(CC3CCCCC3)cc(CC3CCCCC3)c2c1. The maximum Gasteiger partial charge on any atom is 0 e. The third-order valence-corrected chi connectivity index (χ3v) is 12.9. The van der Waals surface area contributed by atoms with E-state index in [1.54, 1.807) is 43.8 Å². The van der Waals surface area contributed by atoms with Crippen molar-refractivity contribution in [2.45, 2.75) is 154 Å². The number of hydrogen-bond acceptors (Lipinski definition) is 0. The normalized spacial score (nSPS) is 20.6. The first kappa shape index (κ1) is 35.0. The molecular weight excluding hydrogens is 611 g/mol. The van der Waals surface area contributed by atoms with Gasteiger partial charge < -0.3 is 52.2 Å². The topological polar surface area (TPSA) is 0 Å². The molecule has 4 aromatic carbocycles. The average molecular weight is 674 g/mol. The number of fused-ring (bicyclic) bond motifs is 2. The van der Waals surface area contributed by atoms with E-state index in [4.69, 9.17) is 0 Å². The van der Waals surface area contributed by atoms with E-state index in [1.807, 2.05) is 0 Å². The summed E-state index contributed by atoms with van der Waals surface area (Å²) in [6.07, 6.45) is 34.5. The van der Waals surface area contributed by atoms with Crippen LogP contribution < -0.4 is 0 Å². The van der Waals surface area contributed by atoms with Crippen LogP contribution in [0.15, 0.2) is 60.7 Å². The standard InChI is InChI=1S/2C23H31.Co/c2*1-3-9-18(10-4-1)15-20-17-21(16-19-11-5-2-6-12-19)23-14-8-7-13-22(20)23;/h2*7-8,13-14,17-19H,1-6,9-12,15-16H2;/q-5;-1;. The Morgan fingerprint density at radius 2 is 0.957 bits per heavy atom. The zero-order valence-corrected chi connectivity index (χ0v) is 30.4. The third kappa shape index (κ3) is 9.24. The van der Waals surface area contributed by atoms with E-state index < -0.39 is 0 Å². The second kappa shape index (κ2) is 17.7. The number of hydrogen-bond donors (Lipinski definition) is 0. The van der Waals surface area contributed by atoms with Gasteiger partial charge in [0.2, 0.25) is 0 Å². The van der Waals surface area contributed by atoms with Crippen molar-refractivity contribution in [2.24, 2.45) is 23.7 Å². The molecule has 0 saturated heterocycles. The molecule has 0 aromatic heterocycles. The molecule has 8 rings (SSSR count). The monoisotopic (exact) mass is 673 g/mol. The molecule has 0 nitrogen and oxygen atoms in total. The van der Waals surface area contributed by atoms with Gasteiger partial charge in [-0.2, -0.15) is 12.8 Å². The predicted molar refractivity (Wildman–Crippen MR) is 200 cm³/mol. The molecule has 0 spiro atoms. The Morgan fingerprint density at radius 3 is 1.47 bits per heavy atom. The van der Waals surface area contributed by atoms with Crippen LogP contribution in [-0.4, -0.2) is 0 Å². The van der Waals surface area contributed by atoms with Crippen molar-refractivity contribution in [2.75, 3.05) is 0 Å². The number of benzene rings is 2. The van der Waals surface area contributed by atoms with Crippen LogP contribution in [-0.2, 0) is 42.5 Å². The largest absolute Gasteiger partial charge is 0.639 e. The molecule has 4 fully saturated rings. The number of rotatable bonds is 8. The van der Waals surface area contributed by atoms with Gasteiger partial charge in [-0.25, -0.2) is 0 Å². The molecule has 0 aliphatic heterocycles. The van der Waals surface area contributed by atoms with Gasteiger partial charge >= 0.3 is 0 Å². The molecule has 4 aliphatic carbocycles. The smallest absolute Gasteiger partial charge is 0 e. The van der Waals surface area contributed by atoms with Gasteiger partial charge in [0, 0.05) is 16.8 Å². The molecule has 0 unspecified atom stereocenters. The van der Waals surface area contributed by atoms with Gasteiger partial charge in [-0.1, -0.05) is 152 Å². The Labute approximate surface area is 297 Å². The van der Waals surface area contributed by atoms with Crippen LogP contribution in [0.4, 0.5) is 0 Å². The van der Waals surface area contributed by atoms with Gasteiger partial charge in [-0.3, -0.25) is 0 Å². The van der Waals surface area contributed by atoms with E-state index >= 15 is 0 Å². The summed E-state index contributed by atoms with van der Waals surface area (Å²) in [5, 5.41) is 6.24. The predicted octanol–water partition coefficient (Wildman–Crippen LogP) is 13.6. The molecule has 0 heterocycles. The zero-order valence-electron chi connectivity index (χ0n) is 29.4. The van der Waals surface area contributed by atoms with Crippen molar-refractivity contribution in [1.29, 1.82) is 0 Å². The van der Waals surface area contributed by atoms with Crippen LogP contribution in [0.3, 0.4) is 0 Å². The second-order valence-corrected chi connectivity index (χ2v) is 16.3. The zero-order chi connectivity index (χ0) is 31.0. The minimum absolute atomic E-state index is 0. The molecule has 0 N–H and O–H groups in total. The van der Waals surface area contributed by atoms with E-state index in [0.717, 1.165) is 23.7 Å². The summed E-state index contributed by atoms with van der Waals surface area (Å²) < 4.78 is 0. The fourth-order valence-electron chi connectivity index (χ4n) is 10.3.